The third-order valence-corrected chi connectivity index (χ3v) is 5.42. The van der Waals surface area contributed by atoms with E-state index in [0.717, 1.165) is 22.7 Å². The van der Waals surface area contributed by atoms with E-state index in [0.29, 0.717) is 6.04 Å². The molecule has 0 amide bonds. The first-order chi connectivity index (χ1) is 9.69. The quantitative estimate of drug-likeness (QED) is 0.536. The van der Waals surface area contributed by atoms with Gasteiger partial charge in [0.1, 0.15) is 0 Å². The van der Waals surface area contributed by atoms with Gasteiger partial charge in [-0.1, -0.05) is 49.5 Å². The Kier molecular flexibility index (Phi) is 9.66. The summed E-state index contributed by atoms with van der Waals surface area (Å²) in [6.07, 6.45) is 5.10. The molecule has 1 aromatic rings. The molecule has 0 fully saturated rings. The highest BCUT2D eigenvalue weighted by molar-refractivity contribution is 9.10. The van der Waals surface area contributed by atoms with Crippen LogP contribution in [0, 0.1) is 5.92 Å². The largest absolute Gasteiger partial charge is 0.313 e. The molecule has 0 heterocycles. The lowest BCUT2D eigenvalue weighted by Gasteiger charge is -2.23. The van der Waals surface area contributed by atoms with E-state index in [2.05, 4.69) is 66.3 Å². The van der Waals surface area contributed by atoms with Crippen LogP contribution in [0.25, 0.3) is 0 Å². The minimum absolute atomic E-state index is 0.633. The second-order valence-electron chi connectivity index (χ2n) is 5.33. The van der Waals surface area contributed by atoms with E-state index in [1.54, 1.807) is 0 Å². The maximum absolute atomic E-state index is 3.72. The van der Waals surface area contributed by atoms with Gasteiger partial charge >= 0.3 is 0 Å². The van der Waals surface area contributed by atoms with Crippen LogP contribution in [-0.4, -0.2) is 18.3 Å². The van der Waals surface area contributed by atoms with Gasteiger partial charge in [0.25, 0.3) is 0 Å². The number of hydrogen-bond donors (Lipinski definition) is 1. The molecule has 1 nitrogen and oxygen atoms in total. The highest BCUT2D eigenvalue weighted by Crippen LogP contribution is 2.24. The lowest BCUT2D eigenvalue weighted by Crippen LogP contribution is -2.33. The Morgan fingerprint density at radius 1 is 1.10 bits per heavy atom. The third kappa shape index (κ3) is 7.14. The van der Waals surface area contributed by atoms with Gasteiger partial charge in [0.2, 0.25) is 0 Å². The molecule has 0 bridgehead atoms. The van der Waals surface area contributed by atoms with Crippen LogP contribution in [0.15, 0.2) is 33.6 Å². The molecule has 1 N–H and O–H groups in total. The average molecular weight is 358 g/mol. The maximum Gasteiger partial charge on any atom is 0.0176 e. The maximum atomic E-state index is 3.72. The van der Waals surface area contributed by atoms with Crippen LogP contribution in [0.4, 0.5) is 0 Å². The molecule has 1 unspecified atom stereocenters. The van der Waals surface area contributed by atoms with Crippen molar-refractivity contribution < 1.29 is 0 Å². The summed E-state index contributed by atoms with van der Waals surface area (Å²) in [5.74, 6) is 2.02. The van der Waals surface area contributed by atoms with E-state index >= 15 is 0 Å². The van der Waals surface area contributed by atoms with Gasteiger partial charge in [-0.3, -0.25) is 0 Å². The monoisotopic (exact) mass is 357 g/mol. The number of rotatable bonds is 10. The molecular weight excluding hydrogens is 330 g/mol. The molecule has 0 aromatic heterocycles. The van der Waals surface area contributed by atoms with Crippen LogP contribution < -0.4 is 5.32 Å². The average Bonchev–Trinajstić information content (AvgIpc) is 2.48. The second-order valence-corrected chi connectivity index (χ2v) is 7.34. The minimum atomic E-state index is 0.633. The fraction of sp³-hybridized carbons (Fsp3) is 0.647. The first-order valence-electron chi connectivity index (χ1n) is 7.81. The summed E-state index contributed by atoms with van der Waals surface area (Å²) in [5, 5.41) is 3.72. The molecule has 0 saturated heterocycles. The molecule has 0 spiro atoms. The van der Waals surface area contributed by atoms with Crippen molar-refractivity contribution in [1.82, 2.24) is 5.32 Å². The molecule has 0 radical (unpaired) electrons. The Morgan fingerprint density at radius 3 is 2.30 bits per heavy atom. The molecule has 3 heteroatoms. The molecule has 114 valence electrons. The third-order valence-electron chi connectivity index (χ3n) is 3.72. The SMILES string of the molecule is CCCNC(CSc1ccc(Br)cc1)CC(CC)CC. The Bertz CT molecular complexity index is 349. The zero-order chi connectivity index (χ0) is 14.8. The van der Waals surface area contributed by atoms with E-state index in [4.69, 9.17) is 0 Å². The van der Waals surface area contributed by atoms with E-state index < -0.39 is 0 Å². The zero-order valence-corrected chi connectivity index (χ0v) is 15.4. The molecule has 0 aliphatic carbocycles. The van der Waals surface area contributed by atoms with Crippen LogP contribution in [0.2, 0.25) is 0 Å². The molecule has 0 saturated carbocycles. The molecule has 1 rings (SSSR count). The number of nitrogens with one attached hydrogen (secondary N) is 1. The predicted octanol–water partition coefficient (Wildman–Crippen LogP) is 5.74. The number of hydrogen-bond acceptors (Lipinski definition) is 2. The summed E-state index contributed by atoms with van der Waals surface area (Å²) < 4.78 is 1.15. The smallest absolute Gasteiger partial charge is 0.0176 e. The molecule has 1 atom stereocenters. The van der Waals surface area contributed by atoms with Gasteiger partial charge in [-0.25, -0.2) is 0 Å². The highest BCUT2D eigenvalue weighted by atomic mass is 79.9. The van der Waals surface area contributed by atoms with Gasteiger partial charge in [-0.2, -0.15) is 0 Å². The van der Waals surface area contributed by atoms with E-state index in [-0.39, 0.29) is 0 Å². The molecule has 1 aromatic carbocycles. The van der Waals surface area contributed by atoms with Crippen LogP contribution in [0.3, 0.4) is 0 Å². The van der Waals surface area contributed by atoms with Gasteiger partial charge in [-0.05, 0) is 49.6 Å². The predicted molar refractivity (Wildman–Crippen MR) is 95.6 cm³/mol. The van der Waals surface area contributed by atoms with Crippen molar-refractivity contribution in [2.24, 2.45) is 5.92 Å². The van der Waals surface area contributed by atoms with Gasteiger partial charge in [0.05, 0.1) is 0 Å². The normalized spacial score (nSPS) is 12.8. The Labute approximate surface area is 137 Å². The lowest BCUT2D eigenvalue weighted by atomic mass is 9.95. The summed E-state index contributed by atoms with van der Waals surface area (Å²) in [6, 6.07) is 9.27. The highest BCUT2D eigenvalue weighted by Gasteiger charge is 2.14. The van der Waals surface area contributed by atoms with Crippen LogP contribution >= 0.6 is 27.7 Å². The Balaban J connectivity index is 2.48. The lowest BCUT2D eigenvalue weighted by molar-refractivity contribution is 0.384. The van der Waals surface area contributed by atoms with E-state index in [1.165, 1.54) is 30.6 Å². The summed E-state index contributed by atoms with van der Waals surface area (Å²) in [7, 11) is 0. The molecule has 0 aliphatic rings. The second kappa shape index (κ2) is 10.7. The van der Waals surface area contributed by atoms with Gasteiger partial charge in [0.15, 0.2) is 0 Å². The Hall–Kier alpha value is 0.01000. The van der Waals surface area contributed by atoms with Gasteiger partial charge < -0.3 is 5.32 Å². The van der Waals surface area contributed by atoms with Crippen molar-refractivity contribution in [3.05, 3.63) is 28.7 Å². The number of benzene rings is 1. The van der Waals surface area contributed by atoms with Crippen LogP contribution in [-0.2, 0) is 0 Å². The molecule has 20 heavy (non-hydrogen) atoms. The fourth-order valence-electron chi connectivity index (χ4n) is 2.31. The summed E-state index contributed by atoms with van der Waals surface area (Å²) in [4.78, 5) is 1.36. The van der Waals surface area contributed by atoms with E-state index in [9.17, 15) is 0 Å². The summed E-state index contributed by atoms with van der Waals surface area (Å²) in [5.41, 5.74) is 0. The van der Waals surface area contributed by atoms with Crippen molar-refractivity contribution >= 4 is 27.7 Å². The topological polar surface area (TPSA) is 12.0 Å². The van der Waals surface area contributed by atoms with Crippen LogP contribution in [0.5, 0.6) is 0 Å². The van der Waals surface area contributed by atoms with Crippen LogP contribution in [0.1, 0.15) is 46.5 Å². The number of thioether (sulfide) groups is 1. The first-order valence-corrected chi connectivity index (χ1v) is 9.59. The number of halogens is 1. The summed E-state index contributed by atoms with van der Waals surface area (Å²) in [6.45, 7) is 7.99. The van der Waals surface area contributed by atoms with Crippen molar-refractivity contribution in [1.29, 1.82) is 0 Å². The molecule has 0 aliphatic heterocycles. The minimum Gasteiger partial charge on any atom is -0.313 e. The van der Waals surface area contributed by atoms with Gasteiger partial charge in [-0.15, -0.1) is 11.8 Å². The first kappa shape index (κ1) is 18.1. The van der Waals surface area contributed by atoms with Crippen molar-refractivity contribution in [2.45, 2.75) is 57.4 Å². The standard InChI is InChI=1S/C17H28BrNS/c1-4-11-19-16(12-14(5-2)6-3)13-20-17-9-7-15(18)8-10-17/h7-10,14,16,19H,4-6,11-13H2,1-3H3. The van der Waals surface area contributed by atoms with Gasteiger partial charge in [0, 0.05) is 21.2 Å². The Morgan fingerprint density at radius 2 is 1.75 bits per heavy atom. The van der Waals surface area contributed by atoms with Crippen molar-refractivity contribution in [3.8, 4) is 0 Å². The molecular formula is C17H28BrNS. The van der Waals surface area contributed by atoms with Crippen molar-refractivity contribution in [3.63, 3.8) is 0 Å². The van der Waals surface area contributed by atoms with E-state index in [1.807, 2.05) is 11.8 Å². The zero-order valence-electron chi connectivity index (χ0n) is 13.0. The van der Waals surface area contributed by atoms with Crippen molar-refractivity contribution in [2.75, 3.05) is 12.3 Å². The summed E-state index contributed by atoms with van der Waals surface area (Å²) >= 11 is 5.46. The fourth-order valence-corrected chi connectivity index (χ4v) is 3.55.